The van der Waals surface area contributed by atoms with E-state index in [1.807, 2.05) is 0 Å². The third-order valence-electron chi connectivity index (χ3n) is 1.90. The molecule has 0 atom stereocenters. The van der Waals surface area contributed by atoms with Gasteiger partial charge in [0.1, 0.15) is 5.60 Å². The summed E-state index contributed by atoms with van der Waals surface area (Å²) < 4.78 is 30.9. The SMILES string of the molecule is COC(=O)C(=CNC(=O)OC(C)(C)C)P(=O)(OC)OC. The molecule has 0 aliphatic heterocycles. The zero-order chi connectivity index (χ0) is 16.0. The molecule has 0 heterocycles. The number of esters is 1. The van der Waals surface area contributed by atoms with Gasteiger partial charge in [-0.25, -0.2) is 9.59 Å². The molecule has 9 heteroatoms. The molecule has 0 radical (unpaired) electrons. The minimum Gasteiger partial charge on any atom is -0.465 e. The highest BCUT2D eigenvalue weighted by Crippen LogP contribution is 2.54. The molecule has 0 aromatic rings. The van der Waals surface area contributed by atoms with Gasteiger partial charge >= 0.3 is 19.7 Å². The minimum atomic E-state index is -3.86. The molecule has 0 spiro atoms. The van der Waals surface area contributed by atoms with E-state index in [0.717, 1.165) is 27.5 Å². The number of carbonyl (C=O) groups is 2. The van der Waals surface area contributed by atoms with Gasteiger partial charge in [0.2, 0.25) is 0 Å². The zero-order valence-electron chi connectivity index (χ0n) is 12.4. The van der Waals surface area contributed by atoms with Gasteiger partial charge in [-0.3, -0.25) is 9.88 Å². The standard InChI is InChI=1S/C11H20NO7P/c1-11(2,3)19-10(14)12-7-8(9(13)16-4)20(15,17-5)18-6/h7H,1-6H3,(H,12,14). The lowest BCUT2D eigenvalue weighted by Crippen LogP contribution is -2.30. The first kappa shape index (κ1) is 18.6. The number of ether oxygens (including phenoxy) is 2. The van der Waals surface area contributed by atoms with Crippen LogP contribution in [0.4, 0.5) is 4.79 Å². The number of rotatable bonds is 5. The van der Waals surface area contributed by atoms with Crippen LogP contribution in [0.1, 0.15) is 20.8 Å². The molecule has 0 bridgehead atoms. The van der Waals surface area contributed by atoms with Crippen LogP contribution in [-0.4, -0.2) is 39.0 Å². The average molecular weight is 309 g/mol. The van der Waals surface area contributed by atoms with E-state index < -0.39 is 30.6 Å². The summed E-state index contributed by atoms with van der Waals surface area (Å²) in [6, 6.07) is 0. The number of hydrogen-bond acceptors (Lipinski definition) is 7. The predicted molar refractivity (Wildman–Crippen MR) is 71.1 cm³/mol. The molecule has 8 nitrogen and oxygen atoms in total. The highest BCUT2D eigenvalue weighted by Gasteiger charge is 2.34. The largest absolute Gasteiger partial charge is 0.465 e. The molecule has 0 aromatic heterocycles. The summed E-state index contributed by atoms with van der Waals surface area (Å²) in [4.78, 5) is 23.0. The van der Waals surface area contributed by atoms with Crippen LogP contribution in [0.2, 0.25) is 0 Å². The van der Waals surface area contributed by atoms with Crippen LogP contribution < -0.4 is 5.32 Å². The van der Waals surface area contributed by atoms with Crippen LogP contribution in [0.15, 0.2) is 11.5 Å². The number of methoxy groups -OCH3 is 1. The van der Waals surface area contributed by atoms with Gasteiger partial charge in [-0.15, -0.1) is 0 Å². The Morgan fingerprint density at radius 1 is 1.10 bits per heavy atom. The Balaban J connectivity index is 5.17. The highest BCUT2D eigenvalue weighted by molar-refractivity contribution is 7.59. The van der Waals surface area contributed by atoms with Crippen LogP contribution in [0, 0.1) is 0 Å². The van der Waals surface area contributed by atoms with Gasteiger partial charge in [-0.2, -0.15) is 0 Å². The van der Waals surface area contributed by atoms with Crippen molar-refractivity contribution in [2.45, 2.75) is 26.4 Å². The quantitative estimate of drug-likeness (QED) is 0.471. The number of nitrogens with one attached hydrogen (secondary N) is 1. The van der Waals surface area contributed by atoms with Crippen LogP contribution in [0.3, 0.4) is 0 Å². The first-order chi connectivity index (χ1) is 9.09. The number of carbonyl (C=O) groups excluding carboxylic acids is 2. The third-order valence-corrected chi connectivity index (χ3v) is 3.76. The van der Waals surface area contributed by atoms with Crippen LogP contribution >= 0.6 is 7.60 Å². The molecule has 0 unspecified atom stereocenters. The van der Waals surface area contributed by atoms with E-state index in [9.17, 15) is 14.2 Å². The second kappa shape index (κ2) is 7.42. The van der Waals surface area contributed by atoms with Crippen molar-refractivity contribution in [3.63, 3.8) is 0 Å². The van der Waals surface area contributed by atoms with Crippen molar-refractivity contribution in [2.24, 2.45) is 0 Å². The molecule has 0 aliphatic carbocycles. The van der Waals surface area contributed by atoms with Crippen molar-refractivity contribution >= 4 is 19.7 Å². The molecule has 1 N–H and O–H groups in total. The van der Waals surface area contributed by atoms with Crippen LogP contribution in [0.25, 0.3) is 0 Å². The molecule has 20 heavy (non-hydrogen) atoms. The molecular formula is C11H20NO7P. The summed E-state index contributed by atoms with van der Waals surface area (Å²) in [5, 5.41) is 1.72. The third kappa shape index (κ3) is 5.73. The first-order valence-corrected chi connectivity index (χ1v) is 7.14. The molecule has 0 saturated carbocycles. The predicted octanol–water partition coefficient (Wildman–Crippen LogP) is 2.01. The van der Waals surface area contributed by atoms with E-state index in [1.54, 1.807) is 20.8 Å². The highest BCUT2D eigenvalue weighted by atomic mass is 31.2. The van der Waals surface area contributed by atoms with E-state index in [4.69, 9.17) is 4.74 Å². The van der Waals surface area contributed by atoms with Crippen molar-refractivity contribution in [1.29, 1.82) is 0 Å². The number of alkyl carbamates (subject to hydrolysis) is 1. The second-order valence-corrected chi connectivity index (χ2v) is 6.74. The Bertz CT molecular complexity index is 431. The molecule has 1 amide bonds. The summed E-state index contributed by atoms with van der Waals surface area (Å²) >= 11 is 0. The maximum atomic E-state index is 12.1. The first-order valence-electron chi connectivity index (χ1n) is 5.59. The number of amides is 1. The fourth-order valence-corrected chi connectivity index (χ4v) is 2.14. The lowest BCUT2D eigenvalue weighted by molar-refractivity contribution is -0.135. The van der Waals surface area contributed by atoms with Gasteiger partial charge < -0.3 is 18.5 Å². The maximum Gasteiger partial charge on any atom is 0.411 e. The van der Waals surface area contributed by atoms with E-state index in [1.165, 1.54) is 0 Å². The normalized spacial score (nSPS) is 12.8. The molecule has 0 aliphatic rings. The summed E-state index contributed by atoms with van der Waals surface area (Å²) in [6.07, 6.45) is 0.0610. The fraction of sp³-hybridized carbons (Fsp3) is 0.636. The van der Waals surface area contributed by atoms with Gasteiger partial charge in [-0.05, 0) is 20.8 Å². The topological polar surface area (TPSA) is 100 Å². The molecule has 0 rings (SSSR count). The van der Waals surface area contributed by atoms with Gasteiger partial charge in [0.15, 0.2) is 5.31 Å². The van der Waals surface area contributed by atoms with Crippen molar-refractivity contribution in [1.82, 2.24) is 5.32 Å². The lowest BCUT2D eigenvalue weighted by Gasteiger charge is -2.19. The smallest absolute Gasteiger partial charge is 0.411 e. The van der Waals surface area contributed by atoms with Crippen LogP contribution in [-0.2, 0) is 27.9 Å². The number of hydrogen-bond donors (Lipinski definition) is 1. The Morgan fingerprint density at radius 3 is 1.95 bits per heavy atom. The van der Waals surface area contributed by atoms with E-state index in [2.05, 4.69) is 19.1 Å². The van der Waals surface area contributed by atoms with E-state index in [0.29, 0.717) is 0 Å². The molecule has 116 valence electrons. The maximum absolute atomic E-state index is 12.1. The Kier molecular flexibility index (Phi) is 6.91. The monoisotopic (exact) mass is 309 g/mol. The van der Waals surface area contributed by atoms with Crippen molar-refractivity contribution in [3.05, 3.63) is 11.5 Å². The van der Waals surface area contributed by atoms with Gasteiger partial charge in [-0.1, -0.05) is 0 Å². The Hall–Kier alpha value is -1.37. The van der Waals surface area contributed by atoms with E-state index >= 15 is 0 Å². The van der Waals surface area contributed by atoms with Crippen molar-refractivity contribution < 1.29 is 32.7 Å². The minimum absolute atomic E-state index is 0.448. The summed E-state index contributed by atoms with van der Waals surface area (Å²) in [7, 11) is -0.547. The summed E-state index contributed by atoms with van der Waals surface area (Å²) in [5.74, 6) is -0.951. The summed E-state index contributed by atoms with van der Waals surface area (Å²) in [5.41, 5.74) is -0.713. The Morgan fingerprint density at radius 2 is 1.60 bits per heavy atom. The average Bonchev–Trinajstić information content (AvgIpc) is 2.35. The van der Waals surface area contributed by atoms with Gasteiger partial charge in [0, 0.05) is 20.4 Å². The van der Waals surface area contributed by atoms with Crippen LogP contribution in [0.5, 0.6) is 0 Å². The summed E-state index contributed by atoms with van der Waals surface area (Å²) in [6.45, 7) is 5.02. The van der Waals surface area contributed by atoms with Gasteiger partial charge in [0.25, 0.3) is 0 Å². The molecule has 0 saturated heterocycles. The van der Waals surface area contributed by atoms with E-state index in [-0.39, 0.29) is 0 Å². The Labute approximate surface area is 117 Å². The van der Waals surface area contributed by atoms with Crippen molar-refractivity contribution in [2.75, 3.05) is 21.3 Å². The lowest BCUT2D eigenvalue weighted by atomic mass is 10.2. The molecule has 0 fully saturated rings. The molecule has 0 aromatic carbocycles. The second-order valence-electron chi connectivity index (χ2n) is 4.53. The molecular weight excluding hydrogens is 289 g/mol. The zero-order valence-corrected chi connectivity index (χ0v) is 13.3. The van der Waals surface area contributed by atoms with Gasteiger partial charge in [0.05, 0.1) is 7.11 Å². The fourth-order valence-electron chi connectivity index (χ4n) is 1.06. The van der Waals surface area contributed by atoms with Crippen molar-refractivity contribution in [3.8, 4) is 0 Å².